The lowest BCUT2D eigenvalue weighted by Crippen LogP contribution is -2.27. The van der Waals surface area contributed by atoms with E-state index in [9.17, 15) is 9.59 Å². The molecule has 2 aromatic rings. The van der Waals surface area contributed by atoms with Crippen molar-refractivity contribution in [2.75, 3.05) is 12.4 Å². The van der Waals surface area contributed by atoms with Crippen molar-refractivity contribution in [3.05, 3.63) is 36.0 Å². The van der Waals surface area contributed by atoms with Gasteiger partial charge in [0.05, 0.1) is 12.7 Å². The Labute approximate surface area is 115 Å². The summed E-state index contributed by atoms with van der Waals surface area (Å²) < 4.78 is 4.63. The zero-order valence-electron chi connectivity index (χ0n) is 11.1. The highest BCUT2D eigenvalue weighted by Gasteiger charge is 2.15. The van der Waals surface area contributed by atoms with Crippen LogP contribution in [0.5, 0.6) is 0 Å². The van der Waals surface area contributed by atoms with Gasteiger partial charge in [0.15, 0.2) is 0 Å². The molecule has 1 aromatic carbocycles. The monoisotopic (exact) mass is 274 g/mol. The summed E-state index contributed by atoms with van der Waals surface area (Å²) >= 11 is 0. The fraction of sp³-hybridized carbons (Fsp3) is 0.214. The number of carboxylic acid groups (broad SMARTS) is 1. The number of aromatic nitrogens is 1. The van der Waals surface area contributed by atoms with Crippen LogP contribution in [0.4, 0.5) is 5.82 Å². The van der Waals surface area contributed by atoms with Crippen molar-refractivity contribution in [1.29, 1.82) is 0 Å². The number of pyridine rings is 1. The highest BCUT2D eigenvalue weighted by atomic mass is 16.5. The lowest BCUT2D eigenvalue weighted by atomic mass is 10.1. The number of hydrogen-bond acceptors (Lipinski definition) is 5. The second-order valence-corrected chi connectivity index (χ2v) is 4.29. The number of hydrogen-bond donors (Lipinski definition) is 2. The standard InChI is InChI=1S/C14H14N2O4/c1-8(14(19)20-2)16-12-11-7-10(13(17)18)4-3-9(11)5-6-15-12/h3-8H,1-2H3,(H,15,16)(H,17,18). The molecule has 2 rings (SSSR count). The van der Waals surface area contributed by atoms with Crippen LogP contribution in [0.1, 0.15) is 17.3 Å². The Morgan fingerprint density at radius 1 is 1.35 bits per heavy atom. The quantitative estimate of drug-likeness (QED) is 0.828. The summed E-state index contributed by atoms with van der Waals surface area (Å²) in [6.07, 6.45) is 1.59. The predicted octanol–water partition coefficient (Wildman–Crippen LogP) is 1.91. The van der Waals surface area contributed by atoms with Gasteiger partial charge in [0, 0.05) is 11.6 Å². The van der Waals surface area contributed by atoms with E-state index in [2.05, 4.69) is 15.0 Å². The lowest BCUT2D eigenvalue weighted by Gasteiger charge is -2.14. The van der Waals surface area contributed by atoms with E-state index >= 15 is 0 Å². The highest BCUT2D eigenvalue weighted by Crippen LogP contribution is 2.23. The van der Waals surface area contributed by atoms with Crippen LogP contribution in [0, 0.1) is 0 Å². The molecule has 0 spiro atoms. The van der Waals surface area contributed by atoms with Gasteiger partial charge in [-0.25, -0.2) is 14.6 Å². The van der Waals surface area contributed by atoms with E-state index in [1.54, 1.807) is 25.3 Å². The van der Waals surface area contributed by atoms with E-state index < -0.39 is 18.0 Å². The summed E-state index contributed by atoms with van der Waals surface area (Å²) in [5.41, 5.74) is 0.166. The van der Waals surface area contributed by atoms with Crippen LogP contribution in [0.3, 0.4) is 0 Å². The Morgan fingerprint density at radius 3 is 2.75 bits per heavy atom. The molecule has 20 heavy (non-hydrogen) atoms. The Morgan fingerprint density at radius 2 is 2.10 bits per heavy atom. The van der Waals surface area contributed by atoms with E-state index in [1.807, 2.05) is 0 Å². The second kappa shape index (κ2) is 5.56. The number of nitrogens with zero attached hydrogens (tertiary/aromatic N) is 1. The Kier molecular flexibility index (Phi) is 3.84. The average molecular weight is 274 g/mol. The normalized spacial score (nSPS) is 11.9. The first-order chi connectivity index (χ1) is 9.52. The largest absolute Gasteiger partial charge is 0.478 e. The maximum absolute atomic E-state index is 11.4. The van der Waals surface area contributed by atoms with Gasteiger partial charge in [-0.1, -0.05) is 6.07 Å². The molecule has 1 aromatic heterocycles. The zero-order chi connectivity index (χ0) is 14.7. The van der Waals surface area contributed by atoms with E-state index in [0.29, 0.717) is 11.2 Å². The van der Waals surface area contributed by atoms with Crippen molar-refractivity contribution >= 4 is 28.5 Å². The molecule has 2 N–H and O–H groups in total. The van der Waals surface area contributed by atoms with E-state index in [-0.39, 0.29) is 5.56 Å². The summed E-state index contributed by atoms with van der Waals surface area (Å²) in [6.45, 7) is 1.65. The average Bonchev–Trinajstić information content (AvgIpc) is 2.46. The number of ether oxygens (including phenoxy) is 1. The number of anilines is 1. The molecule has 0 saturated carbocycles. The minimum Gasteiger partial charge on any atom is -0.478 e. The number of nitrogens with one attached hydrogen (secondary N) is 1. The summed E-state index contributed by atoms with van der Waals surface area (Å²) in [6, 6.07) is 5.95. The van der Waals surface area contributed by atoms with Gasteiger partial charge in [-0.3, -0.25) is 0 Å². The van der Waals surface area contributed by atoms with Crippen molar-refractivity contribution in [3.8, 4) is 0 Å². The molecule has 0 aliphatic rings. The third-order valence-electron chi connectivity index (χ3n) is 2.92. The Balaban J connectivity index is 2.44. The molecular weight excluding hydrogens is 260 g/mol. The summed E-state index contributed by atoms with van der Waals surface area (Å²) in [5, 5.41) is 13.4. The number of fused-ring (bicyclic) bond motifs is 1. The number of carbonyl (C=O) groups excluding carboxylic acids is 1. The third-order valence-corrected chi connectivity index (χ3v) is 2.92. The fourth-order valence-electron chi connectivity index (χ4n) is 1.86. The lowest BCUT2D eigenvalue weighted by molar-refractivity contribution is -0.141. The van der Waals surface area contributed by atoms with Crippen molar-refractivity contribution in [2.24, 2.45) is 0 Å². The number of benzene rings is 1. The van der Waals surface area contributed by atoms with Crippen LogP contribution in [-0.4, -0.2) is 35.2 Å². The maximum atomic E-state index is 11.4. The molecule has 0 aliphatic carbocycles. The molecule has 6 nitrogen and oxygen atoms in total. The molecule has 1 atom stereocenters. The molecule has 0 saturated heterocycles. The number of rotatable bonds is 4. The molecule has 1 unspecified atom stereocenters. The van der Waals surface area contributed by atoms with Gasteiger partial charge in [-0.15, -0.1) is 0 Å². The van der Waals surface area contributed by atoms with Gasteiger partial charge in [0.1, 0.15) is 11.9 Å². The molecule has 0 bridgehead atoms. The van der Waals surface area contributed by atoms with Crippen molar-refractivity contribution in [2.45, 2.75) is 13.0 Å². The highest BCUT2D eigenvalue weighted by molar-refractivity contribution is 5.99. The third kappa shape index (κ3) is 2.69. The van der Waals surface area contributed by atoms with E-state index in [1.165, 1.54) is 19.2 Å². The first-order valence-electron chi connectivity index (χ1n) is 5.99. The van der Waals surface area contributed by atoms with Gasteiger partial charge in [-0.2, -0.15) is 0 Å². The summed E-state index contributed by atoms with van der Waals surface area (Å²) in [7, 11) is 1.31. The summed E-state index contributed by atoms with van der Waals surface area (Å²) in [4.78, 5) is 26.6. The first kappa shape index (κ1) is 13.8. The van der Waals surface area contributed by atoms with Gasteiger partial charge >= 0.3 is 11.9 Å². The number of carbonyl (C=O) groups is 2. The molecule has 104 valence electrons. The molecule has 0 aliphatic heterocycles. The zero-order valence-corrected chi connectivity index (χ0v) is 11.1. The van der Waals surface area contributed by atoms with Crippen molar-refractivity contribution < 1.29 is 19.4 Å². The van der Waals surface area contributed by atoms with Gasteiger partial charge in [0.2, 0.25) is 0 Å². The first-order valence-corrected chi connectivity index (χ1v) is 5.99. The Hall–Kier alpha value is -2.63. The van der Waals surface area contributed by atoms with E-state index in [0.717, 1.165) is 5.39 Å². The topological polar surface area (TPSA) is 88.5 Å². The number of methoxy groups -OCH3 is 1. The molecule has 0 radical (unpaired) electrons. The van der Waals surface area contributed by atoms with Gasteiger partial charge < -0.3 is 15.2 Å². The van der Waals surface area contributed by atoms with Crippen LogP contribution in [-0.2, 0) is 9.53 Å². The number of aromatic carboxylic acids is 1. The molecule has 1 heterocycles. The second-order valence-electron chi connectivity index (χ2n) is 4.29. The van der Waals surface area contributed by atoms with Crippen LogP contribution in [0.2, 0.25) is 0 Å². The molecule has 0 amide bonds. The van der Waals surface area contributed by atoms with Crippen LogP contribution in [0.25, 0.3) is 10.8 Å². The smallest absolute Gasteiger partial charge is 0.335 e. The maximum Gasteiger partial charge on any atom is 0.335 e. The predicted molar refractivity (Wildman–Crippen MR) is 73.8 cm³/mol. The SMILES string of the molecule is COC(=O)C(C)Nc1nccc2ccc(C(=O)O)cc12. The minimum atomic E-state index is -1.01. The molecular formula is C14H14N2O4. The van der Waals surface area contributed by atoms with Gasteiger partial charge in [-0.05, 0) is 30.5 Å². The Bertz CT molecular complexity index is 669. The number of carboxylic acids is 1. The van der Waals surface area contributed by atoms with Crippen LogP contribution >= 0.6 is 0 Å². The molecule has 6 heteroatoms. The van der Waals surface area contributed by atoms with Crippen molar-refractivity contribution in [1.82, 2.24) is 4.98 Å². The van der Waals surface area contributed by atoms with Crippen LogP contribution in [0.15, 0.2) is 30.5 Å². The number of esters is 1. The van der Waals surface area contributed by atoms with Crippen molar-refractivity contribution in [3.63, 3.8) is 0 Å². The van der Waals surface area contributed by atoms with E-state index in [4.69, 9.17) is 5.11 Å². The molecule has 0 fully saturated rings. The minimum absolute atomic E-state index is 0.166. The van der Waals surface area contributed by atoms with Gasteiger partial charge in [0.25, 0.3) is 0 Å². The fourth-order valence-corrected chi connectivity index (χ4v) is 1.86. The van der Waals surface area contributed by atoms with Crippen LogP contribution < -0.4 is 5.32 Å². The summed E-state index contributed by atoms with van der Waals surface area (Å²) in [5.74, 6) is -0.982.